The lowest BCUT2D eigenvalue weighted by Crippen LogP contribution is -2.29. The van der Waals surface area contributed by atoms with Crippen molar-refractivity contribution in [3.63, 3.8) is 0 Å². The van der Waals surface area contributed by atoms with Gasteiger partial charge < -0.3 is 14.6 Å². The summed E-state index contributed by atoms with van der Waals surface area (Å²) in [6.07, 6.45) is 0. The number of rotatable bonds is 6. The first-order valence-corrected chi connectivity index (χ1v) is 11.3. The minimum atomic E-state index is -1.17. The average molecular weight is 494 g/mol. The van der Waals surface area contributed by atoms with Crippen LogP contribution < -0.4 is 14.4 Å². The molecule has 0 aliphatic carbocycles. The van der Waals surface area contributed by atoms with Crippen molar-refractivity contribution in [3.05, 3.63) is 94.1 Å². The van der Waals surface area contributed by atoms with Gasteiger partial charge in [0.05, 0.1) is 25.3 Å². The van der Waals surface area contributed by atoms with Crippen LogP contribution in [0, 0.1) is 25.5 Å². The Morgan fingerprint density at radius 1 is 0.972 bits per heavy atom. The van der Waals surface area contributed by atoms with Gasteiger partial charge in [-0.3, -0.25) is 14.5 Å². The average Bonchev–Trinajstić information content (AvgIpc) is 3.12. The molecule has 1 fully saturated rings. The second-order valence-corrected chi connectivity index (χ2v) is 8.41. The van der Waals surface area contributed by atoms with Crippen LogP contribution in [-0.4, -0.2) is 30.5 Å². The van der Waals surface area contributed by atoms with E-state index in [0.29, 0.717) is 34.8 Å². The van der Waals surface area contributed by atoms with Crippen molar-refractivity contribution in [1.82, 2.24) is 0 Å². The van der Waals surface area contributed by atoms with Gasteiger partial charge in [-0.2, -0.15) is 0 Å². The predicted octanol–water partition coefficient (Wildman–Crippen LogP) is 5.62. The number of hydrogen-bond acceptors (Lipinski definition) is 5. The fourth-order valence-corrected chi connectivity index (χ4v) is 4.37. The quantitative estimate of drug-likeness (QED) is 0.274. The van der Waals surface area contributed by atoms with Gasteiger partial charge in [0.15, 0.2) is 11.6 Å². The number of anilines is 1. The van der Waals surface area contributed by atoms with Crippen LogP contribution in [0.3, 0.4) is 0 Å². The second-order valence-electron chi connectivity index (χ2n) is 8.41. The van der Waals surface area contributed by atoms with Crippen LogP contribution in [0.4, 0.5) is 14.5 Å². The van der Waals surface area contributed by atoms with E-state index in [1.165, 1.54) is 13.2 Å². The Bertz CT molecular complexity index is 1380. The number of carbonyl (C=O) groups is 2. The third-order valence-corrected chi connectivity index (χ3v) is 6.13. The van der Waals surface area contributed by atoms with E-state index in [1.54, 1.807) is 50.2 Å². The zero-order valence-electron chi connectivity index (χ0n) is 20.3. The van der Waals surface area contributed by atoms with Crippen molar-refractivity contribution in [1.29, 1.82) is 0 Å². The van der Waals surface area contributed by atoms with Gasteiger partial charge in [0.2, 0.25) is 0 Å². The maximum Gasteiger partial charge on any atom is 0.300 e. The normalized spacial score (nSPS) is 16.9. The maximum atomic E-state index is 14.1. The van der Waals surface area contributed by atoms with Crippen molar-refractivity contribution >= 4 is 23.1 Å². The van der Waals surface area contributed by atoms with E-state index < -0.39 is 29.4 Å². The van der Waals surface area contributed by atoms with Crippen molar-refractivity contribution in [2.45, 2.75) is 26.8 Å². The van der Waals surface area contributed by atoms with Gasteiger partial charge in [-0.15, -0.1) is 0 Å². The van der Waals surface area contributed by atoms with Crippen molar-refractivity contribution in [2.75, 3.05) is 18.6 Å². The molecule has 0 saturated carbocycles. The highest BCUT2D eigenvalue weighted by Crippen LogP contribution is 2.43. The van der Waals surface area contributed by atoms with Crippen molar-refractivity contribution in [2.24, 2.45) is 0 Å². The molecule has 1 N–H and O–H groups in total. The Balaban J connectivity index is 1.95. The zero-order chi connectivity index (χ0) is 26.1. The molecule has 0 aromatic heterocycles. The van der Waals surface area contributed by atoms with Gasteiger partial charge in [0.25, 0.3) is 11.7 Å². The number of carbonyl (C=O) groups excluding carboxylic acids is 2. The Hall–Kier alpha value is -4.20. The SMILES string of the molecule is CCOc1ccc(C2/C(=C(\O)c3cc(C)c(OC)cc3C)C(=O)C(=O)N2c2ccc(F)c(F)c2)cc1. The number of aliphatic hydroxyl groups is 1. The van der Waals surface area contributed by atoms with Gasteiger partial charge >= 0.3 is 0 Å². The number of halogens is 2. The number of benzene rings is 3. The number of ketones is 1. The zero-order valence-corrected chi connectivity index (χ0v) is 20.3. The van der Waals surface area contributed by atoms with Crippen LogP contribution in [-0.2, 0) is 9.59 Å². The van der Waals surface area contributed by atoms with E-state index in [0.717, 1.165) is 22.6 Å². The lowest BCUT2D eigenvalue weighted by molar-refractivity contribution is -0.132. The molecule has 36 heavy (non-hydrogen) atoms. The molecule has 4 rings (SSSR count). The summed E-state index contributed by atoms with van der Waals surface area (Å²) in [5.74, 6) is -3.35. The number of ether oxygens (including phenoxy) is 2. The highest BCUT2D eigenvalue weighted by molar-refractivity contribution is 6.51. The summed E-state index contributed by atoms with van der Waals surface area (Å²) in [4.78, 5) is 27.6. The minimum Gasteiger partial charge on any atom is -0.507 e. The largest absolute Gasteiger partial charge is 0.507 e. The van der Waals surface area contributed by atoms with E-state index in [1.807, 2.05) is 6.92 Å². The highest BCUT2D eigenvalue weighted by Gasteiger charge is 2.47. The summed E-state index contributed by atoms with van der Waals surface area (Å²) < 4.78 is 38.6. The molecule has 186 valence electrons. The number of hydrogen-bond donors (Lipinski definition) is 1. The Kier molecular flexibility index (Phi) is 6.79. The standard InChI is InChI=1S/C28H25F2NO5/c1-5-36-19-9-6-17(7-10-19)25-24(26(32)20-12-16(3)23(35-4)13-15(20)2)27(33)28(34)31(25)18-8-11-21(29)22(30)14-18/h6-14,25,32H,5H2,1-4H3/b26-24+. The Morgan fingerprint density at radius 2 is 1.67 bits per heavy atom. The smallest absolute Gasteiger partial charge is 0.300 e. The minimum absolute atomic E-state index is 0.0171. The fourth-order valence-electron chi connectivity index (χ4n) is 4.37. The van der Waals surface area contributed by atoms with E-state index in [9.17, 15) is 23.5 Å². The van der Waals surface area contributed by atoms with Gasteiger partial charge in [0, 0.05) is 17.3 Å². The van der Waals surface area contributed by atoms with Gasteiger partial charge in [-0.25, -0.2) is 8.78 Å². The monoisotopic (exact) mass is 493 g/mol. The molecular formula is C28H25F2NO5. The molecule has 3 aromatic carbocycles. The van der Waals surface area contributed by atoms with Gasteiger partial charge in [-0.1, -0.05) is 12.1 Å². The van der Waals surface area contributed by atoms with Crippen molar-refractivity contribution in [3.8, 4) is 11.5 Å². The molecule has 3 aromatic rings. The number of methoxy groups -OCH3 is 1. The van der Waals surface area contributed by atoms with Gasteiger partial charge in [-0.05, 0) is 73.9 Å². The number of aryl methyl sites for hydroxylation is 2. The van der Waals surface area contributed by atoms with E-state index in [4.69, 9.17) is 9.47 Å². The summed E-state index contributed by atoms with van der Waals surface area (Å²) in [6.45, 7) is 5.82. The molecule has 1 saturated heterocycles. The fraction of sp³-hybridized carbons (Fsp3) is 0.214. The molecule has 0 spiro atoms. The molecule has 1 aliphatic rings. The van der Waals surface area contributed by atoms with Crippen LogP contribution in [0.5, 0.6) is 11.5 Å². The topological polar surface area (TPSA) is 76.1 Å². The number of Topliss-reactive ketones (excluding diaryl/α,β-unsaturated/α-hetero) is 1. The molecule has 6 nitrogen and oxygen atoms in total. The summed E-state index contributed by atoms with van der Waals surface area (Å²) in [5, 5.41) is 11.4. The molecule has 8 heteroatoms. The first-order valence-electron chi connectivity index (χ1n) is 11.3. The Labute approximate surface area is 207 Å². The van der Waals surface area contributed by atoms with Crippen LogP contribution in [0.1, 0.15) is 35.2 Å². The van der Waals surface area contributed by atoms with Gasteiger partial charge in [0.1, 0.15) is 17.3 Å². The lowest BCUT2D eigenvalue weighted by Gasteiger charge is -2.26. The van der Waals surface area contributed by atoms with E-state index in [2.05, 4.69) is 0 Å². The van der Waals surface area contributed by atoms with Crippen LogP contribution in [0.2, 0.25) is 0 Å². The van der Waals surface area contributed by atoms with E-state index in [-0.39, 0.29) is 17.0 Å². The van der Waals surface area contributed by atoms with Crippen LogP contribution in [0.25, 0.3) is 5.76 Å². The molecular weight excluding hydrogens is 468 g/mol. The molecule has 1 unspecified atom stereocenters. The highest BCUT2D eigenvalue weighted by atomic mass is 19.2. The molecule has 0 radical (unpaired) electrons. The number of aliphatic hydroxyl groups excluding tert-OH is 1. The van der Waals surface area contributed by atoms with Crippen LogP contribution in [0.15, 0.2) is 60.2 Å². The number of nitrogens with zero attached hydrogens (tertiary/aromatic N) is 1. The molecule has 1 aliphatic heterocycles. The predicted molar refractivity (Wildman–Crippen MR) is 131 cm³/mol. The number of amides is 1. The summed E-state index contributed by atoms with van der Waals surface area (Å²) in [6, 6.07) is 11.9. The Morgan fingerprint density at radius 3 is 2.28 bits per heavy atom. The summed E-state index contributed by atoms with van der Waals surface area (Å²) in [7, 11) is 1.53. The third-order valence-electron chi connectivity index (χ3n) is 6.13. The summed E-state index contributed by atoms with van der Waals surface area (Å²) >= 11 is 0. The van der Waals surface area contributed by atoms with E-state index >= 15 is 0 Å². The summed E-state index contributed by atoms with van der Waals surface area (Å²) in [5.41, 5.74) is 1.99. The van der Waals surface area contributed by atoms with Crippen molar-refractivity contribution < 1.29 is 33.0 Å². The molecule has 1 amide bonds. The maximum absolute atomic E-state index is 14.1. The third kappa shape index (κ3) is 4.30. The molecule has 1 atom stereocenters. The van der Waals surface area contributed by atoms with Crippen LogP contribution >= 0.6 is 0 Å². The lowest BCUT2D eigenvalue weighted by atomic mass is 9.93. The molecule has 0 bridgehead atoms. The first-order chi connectivity index (χ1) is 17.2. The second kappa shape index (κ2) is 9.81. The molecule has 1 heterocycles. The first kappa shape index (κ1) is 24.9.